The number of aromatic nitrogens is 1. The van der Waals surface area contributed by atoms with Crippen LogP contribution < -0.4 is 4.90 Å². The lowest BCUT2D eigenvalue weighted by molar-refractivity contribution is 0.197. The first-order chi connectivity index (χ1) is 7.70. The molecule has 4 nitrogen and oxygen atoms in total. The number of nitrogens with zero attached hydrogens (tertiary/aromatic N) is 2. The van der Waals surface area contributed by atoms with Crippen molar-refractivity contribution >= 4 is 5.82 Å². The third-order valence-electron chi connectivity index (χ3n) is 2.51. The fraction of sp³-hybridized carbons (Fsp3) is 0.583. The number of anilines is 1. The average Bonchev–Trinajstić information content (AvgIpc) is 2.30. The SMILES string of the molecule is CCN(CCOC)c1ncccc1[C@@H](C)O. The van der Waals surface area contributed by atoms with Crippen LogP contribution in [0.2, 0.25) is 0 Å². The van der Waals surface area contributed by atoms with Gasteiger partial charge in [-0.15, -0.1) is 0 Å². The lowest BCUT2D eigenvalue weighted by Gasteiger charge is -2.24. The van der Waals surface area contributed by atoms with Crippen LogP contribution in [0.3, 0.4) is 0 Å². The van der Waals surface area contributed by atoms with E-state index >= 15 is 0 Å². The lowest BCUT2D eigenvalue weighted by atomic mass is 10.1. The Morgan fingerprint density at radius 3 is 2.88 bits per heavy atom. The molecule has 1 N–H and O–H groups in total. The predicted molar refractivity (Wildman–Crippen MR) is 64.6 cm³/mol. The van der Waals surface area contributed by atoms with Crippen LogP contribution in [-0.2, 0) is 4.74 Å². The molecule has 0 fully saturated rings. The van der Waals surface area contributed by atoms with Crippen molar-refractivity contribution < 1.29 is 9.84 Å². The Hall–Kier alpha value is -1.13. The summed E-state index contributed by atoms with van der Waals surface area (Å²) in [5.41, 5.74) is 0.862. The van der Waals surface area contributed by atoms with Crippen LogP contribution in [0.4, 0.5) is 5.82 Å². The molecule has 0 radical (unpaired) electrons. The first-order valence-corrected chi connectivity index (χ1v) is 5.57. The maximum absolute atomic E-state index is 9.68. The Morgan fingerprint density at radius 1 is 1.56 bits per heavy atom. The van der Waals surface area contributed by atoms with Gasteiger partial charge in [-0.1, -0.05) is 6.07 Å². The number of hydrogen-bond acceptors (Lipinski definition) is 4. The minimum absolute atomic E-state index is 0.500. The monoisotopic (exact) mass is 224 g/mol. The van der Waals surface area contributed by atoms with Crippen molar-refractivity contribution in [1.82, 2.24) is 4.98 Å². The van der Waals surface area contributed by atoms with Crippen molar-refractivity contribution in [1.29, 1.82) is 0 Å². The van der Waals surface area contributed by atoms with Crippen LogP contribution in [0.1, 0.15) is 25.5 Å². The molecule has 4 heteroatoms. The summed E-state index contributed by atoms with van der Waals surface area (Å²) >= 11 is 0. The smallest absolute Gasteiger partial charge is 0.134 e. The van der Waals surface area contributed by atoms with E-state index in [-0.39, 0.29) is 0 Å². The van der Waals surface area contributed by atoms with Gasteiger partial charge < -0.3 is 14.7 Å². The normalized spacial score (nSPS) is 12.5. The van der Waals surface area contributed by atoms with Gasteiger partial charge in [0.1, 0.15) is 5.82 Å². The molecule has 1 atom stereocenters. The number of aliphatic hydroxyl groups excluding tert-OH is 1. The summed E-state index contributed by atoms with van der Waals surface area (Å²) in [7, 11) is 1.68. The maximum Gasteiger partial charge on any atom is 0.134 e. The minimum atomic E-state index is -0.500. The van der Waals surface area contributed by atoms with E-state index < -0.39 is 6.10 Å². The van der Waals surface area contributed by atoms with E-state index in [2.05, 4.69) is 16.8 Å². The molecule has 0 unspecified atom stereocenters. The van der Waals surface area contributed by atoms with Gasteiger partial charge in [0.25, 0.3) is 0 Å². The Morgan fingerprint density at radius 2 is 2.31 bits per heavy atom. The Kier molecular flexibility index (Phi) is 5.22. The van der Waals surface area contributed by atoms with Crippen molar-refractivity contribution in [3.8, 4) is 0 Å². The van der Waals surface area contributed by atoms with E-state index in [1.54, 1.807) is 20.2 Å². The van der Waals surface area contributed by atoms with Gasteiger partial charge in [-0.25, -0.2) is 4.98 Å². The summed E-state index contributed by atoms with van der Waals surface area (Å²) in [5, 5.41) is 9.68. The second-order valence-corrected chi connectivity index (χ2v) is 3.66. The highest BCUT2D eigenvalue weighted by molar-refractivity contribution is 5.47. The number of ether oxygens (including phenoxy) is 1. The zero-order chi connectivity index (χ0) is 12.0. The zero-order valence-corrected chi connectivity index (χ0v) is 10.2. The Balaban J connectivity index is 2.90. The highest BCUT2D eigenvalue weighted by atomic mass is 16.5. The molecule has 1 heterocycles. The van der Waals surface area contributed by atoms with E-state index in [0.29, 0.717) is 6.61 Å². The molecule has 0 aliphatic rings. The van der Waals surface area contributed by atoms with Crippen LogP contribution in [0.15, 0.2) is 18.3 Å². The average molecular weight is 224 g/mol. The molecule has 0 saturated carbocycles. The molecule has 0 amide bonds. The molecule has 1 rings (SSSR count). The largest absolute Gasteiger partial charge is 0.389 e. The standard InChI is InChI=1S/C12H20N2O2/c1-4-14(8-9-16-3)12-11(10(2)15)6-5-7-13-12/h5-7,10,15H,4,8-9H2,1-3H3/t10-/m1/s1. The Labute approximate surface area is 96.9 Å². The topological polar surface area (TPSA) is 45.6 Å². The first-order valence-electron chi connectivity index (χ1n) is 5.57. The minimum Gasteiger partial charge on any atom is -0.389 e. The van der Waals surface area contributed by atoms with Gasteiger partial charge in [0, 0.05) is 32.0 Å². The lowest BCUT2D eigenvalue weighted by Crippen LogP contribution is -2.29. The van der Waals surface area contributed by atoms with Gasteiger partial charge in [-0.05, 0) is 19.9 Å². The summed E-state index contributed by atoms with van der Waals surface area (Å²) < 4.78 is 5.06. The molecule has 0 aliphatic heterocycles. The van der Waals surface area contributed by atoms with Crippen LogP contribution >= 0.6 is 0 Å². The van der Waals surface area contributed by atoms with Gasteiger partial charge in [-0.3, -0.25) is 0 Å². The highest BCUT2D eigenvalue weighted by Crippen LogP contribution is 2.23. The number of aliphatic hydroxyl groups is 1. The highest BCUT2D eigenvalue weighted by Gasteiger charge is 2.13. The van der Waals surface area contributed by atoms with Crippen LogP contribution in [0.5, 0.6) is 0 Å². The number of likely N-dealkylation sites (N-methyl/N-ethyl adjacent to an activating group) is 1. The second kappa shape index (κ2) is 6.45. The third kappa shape index (κ3) is 3.18. The summed E-state index contributed by atoms with van der Waals surface area (Å²) in [6, 6.07) is 3.75. The number of rotatable bonds is 6. The van der Waals surface area contributed by atoms with E-state index in [9.17, 15) is 5.11 Å². The van der Waals surface area contributed by atoms with Gasteiger partial charge >= 0.3 is 0 Å². The van der Waals surface area contributed by atoms with Gasteiger partial charge in [0.15, 0.2) is 0 Å². The second-order valence-electron chi connectivity index (χ2n) is 3.66. The third-order valence-corrected chi connectivity index (χ3v) is 2.51. The van der Waals surface area contributed by atoms with Crippen LogP contribution in [-0.4, -0.2) is 36.9 Å². The van der Waals surface area contributed by atoms with E-state index in [4.69, 9.17) is 4.74 Å². The molecule has 0 spiro atoms. The fourth-order valence-corrected chi connectivity index (χ4v) is 1.61. The van der Waals surface area contributed by atoms with Crippen molar-refractivity contribution in [2.75, 3.05) is 31.7 Å². The molecule has 0 aliphatic carbocycles. The van der Waals surface area contributed by atoms with Crippen LogP contribution in [0, 0.1) is 0 Å². The molecule has 90 valence electrons. The van der Waals surface area contributed by atoms with Crippen molar-refractivity contribution in [3.05, 3.63) is 23.9 Å². The molecule has 1 aromatic heterocycles. The van der Waals surface area contributed by atoms with Crippen molar-refractivity contribution in [2.24, 2.45) is 0 Å². The first kappa shape index (κ1) is 12.9. The van der Waals surface area contributed by atoms with Gasteiger partial charge in [0.05, 0.1) is 12.7 Å². The van der Waals surface area contributed by atoms with E-state index in [1.807, 2.05) is 12.1 Å². The molecule has 0 aromatic carbocycles. The predicted octanol–water partition coefficient (Wildman–Crippen LogP) is 1.61. The van der Waals surface area contributed by atoms with E-state index in [0.717, 1.165) is 24.5 Å². The summed E-state index contributed by atoms with van der Waals surface area (Å²) in [6.45, 7) is 6.11. The maximum atomic E-state index is 9.68. The quantitative estimate of drug-likeness (QED) is 0.797. The fourth-order valence-electron chi connectivity index (χ4n) is 1.61. The van der Waals surface area contributed by atoms with Crippen molar-refractivity contribution in [3.63, 3.8) is 0 Å². The van der Waals surface area contributed by atoms with Gasteiger partial charge in [0.2, 0.25) is 0 Å². The van der Waals surface area contributed by atoms with Gasteiger partial charge in [-0.2, -0.15) is 0 Å². The molecular formula is C12H20N2O2. The molecule has 0 bridgehead atoms. The van der Waals surface area contributed by atoms with Crippen LogP contribution in [0.25, 0.3) is 0 Å². The zero-order valence-electron chi connectivity index (χ0n) is 10.2. The summed E-state index contributed by atoms with van der Waals surface area (Å²) in [5.74, 6) is 0.844. The number of methoxy groups -OCH3 is 1. The molecular weight excluding hydrogens is 204 g/mol. The summed E-state index contributed by atoms with van der Waals surface area (Å²) in [4.78, 5) is 6.44. The molecule has 16 heavy (non-hydrogen) atoms. The van der Waals surface area contributed by atoms with E-state index in [1.165, 1.54) is 0 Å². The molecule has 0 saturated heterocycles. The number of pyridine rings is 1. The number of hydrogen-bond donors (Lipinski definition) is 1. The molecule has 1 aromatic rings. The van der Waals surface area contributed by atoms with Crippen molar-refractivity contribution in [2.45, 2.75) is 20.0 Å². The summed E-state index contributed by atoms with van der Waals surface area (Å²) in [6.07, 6.45) is 1.25. The Bertz CT molecular complexity index is 316.